The second kappa shape index (κ2) is 14.5. The van der Waals surface area contributed by atoms with Gasteiger partial charge in [0.2, 0.25) is 0 Å². The molecule has 0 bridgehead atoms. The van der Waals surface area contributed by atoms with E-state index in [1.54, 1.807) is 0 Å². The largest absolute Gasteiger partial charge is 0.343 e. The van der Waals surface area contributed by atoms with Gasteiger partial charge >= 0.3 is 0 Å². The third-order valence-electron chi connectivity index (χ3n) is 10.0. The molecule has 0 aliphatic heterocycles. The van der Waals surface area contributed by atoms with Crippen LogP contribution in [0.3, 0.4) is 0 Å². The maximum atomic E-state index is 3.95. The summed E-state index contributed by atoms with van der Waals surface area (Å²) in [5, 5.41) is 2.58. The first-order chi connectivity index (χ1) is 23.0. The molecule has 0 N–H and O–H groups in total. The first-order valence-corrected chi connectivity index (χ1v) is 17.3. The van der Waals surface area contributed by atoms with Crippen molar-refractivity contribution >= 4 is 33.1 Å². The summed E-state index contributed by atoms with van der Waals surface area (Å²) >= 11 is 0. The molecule has 1 atom stereocenters. The predicted octanol–water partition coefficient (Wildman–Crippen LogP) is 13.0. The monoisotopic (exact) mass is 632 g/mol. The Kier molecular flexibility index (Phi) is 10.4. The molecule has 1 aromatic heterocycles. The molecule has 0 fully saturated rings. The maximum Gasteiger partial charge on any atom is 0.0565 e. The Morgan fingerprint density at radius 2 is 1.48 bits per heavy atom. The van der Waals surface area contributed by atoms with Crippen LogP contribution in [0.1, 0.15) is 80.3 Å². The highest BCUT2D eigenvalue weighted by Crippen LogP contribution is 2.40. The van der Waals surface area contributed by atoms with Crippen LogP contribution in [0.5, 0.6) is 0 Å². The molecule has 0 aliphatic rings. The fraction of sp³-hybridized carbons (Fsp3) is 0.261. The molecule has 1 heterocycles. The molecule has 48 heavy (non-hydrogen) atoms. The zero-order valence-corrected chi connectivity index (χ0v) is 30.7. The lowest BCUT2D eigenvalue weighted by molar-refractivity contribution is 0.891. The number of anilines is 1. The number of fused-ring (bicyclic) bond motifs is 3. The fourth-order valence-corrected chi connectivity index (χ4v) is 7.69. The number of allylic oxidation sites excluding steroid dienone is 8. The molecule has 4 aromatic carbocycles. The molecule has 5 rings (SSSR count). The van der Waals surface area contributed by atoms with Gasteiger partial charge in [-0.05, 0) is 106 Å². The minimum Gasteiger partial charge on any atom is -0.343 e. The second-order valence-electron chi connectivity index (χ2n) is 13.4. The van der Waals surface area contributed by atoms with Gasteiger partial charge in [0, 0.05) is 51.9 Å². The van der Waals surface area contributed by atoms with Crippen LogP contribution in [0.2, 0.25) is 0 Å². The van der Waals surface area contributed by atoms with Gasteiger partial charge in [0.25, 0.3) is 0 Å². The highest BCUT2D eigenvalue weighted by molar-refractivity contribution is 6.11. The van der Waals surface area contributed by atoms with Crippen molar-refractivity contribution in [2.75, 3.05) is 4.90 Å². The number of para-hydroxylation sites is 3. The number of benzene rings is 4. The van der Waals surface area contributed by atoms with Crippen LogP contribution in [-0.2, 0) is 7.05 Å². The first-order valence-electron chi connectivity index (χ1n) is 17.3. The average molecular weight is 633 g/mol. The summed E-state index contributed by atoms with van der Waals surface area (Å²) < 4.78 is 2.36. The average Bonchev–Trinajstić information content (AvgIpc) is 3.36. The Labute approximate surface area is 289 Å². The van der Waals surface area contributed by atoms with Crippen molar-refractivity contribution in [3.8, 4) is 0 Å². The van der Waals surface area contributed by atoms with Crippen molar-refractivity contribution in [2.45, 2.75) is 74.7 Å². The Morgan fingerprint density at radius 1 is 0.833 bits per heavy atom. The Bertz CT molecular complexity index is 2100. The lowest BCUT2D eigenvalue weighted by Crippen LogP contribution is -2.25. The van der Waals surface area contributed by atoms with Crippen LogP contribution >= 0.6 is 0 Å². The van der Waals surface area contributed by atoms with Gasteiger partial charge in [0.05, 0.1) is 5.52 Å². The summed E-state index contributed by atoms with van der Waals surface area (Å²) in [4.78, 5) is 2.54. The summed E-state index contributed by atoms with van der Waals surface area (Å²) in [5.41, 5.74) is 17.9. The first kappa shape index (κ1) is 34.5. The van der Waals surface area contributed by atoms with Gasteiger partial charge in [0.15, 0.2) is 0 Å². The molecule has 5 aromatic rings. The summed E-state index contributed by atoms with van der Waals surface area (Å²) in [6.07, 6.45) is 9.48. The standard InChI is InChI=1S/C46H52N2/c1-12-14-20-31(4)41(13-2)48(42-25-17-15-21-32(42)5)44(29-35(8)45-33(6)27-30(3)28-34(45)7)37(10)36(9)38-23-19-24-40-39-22-16-18-26-43(39)47(11)46(38)40/h12,14-29,35H,1,13H2,2-11H3/b20-14-,37-36+,41-31+,44-29+. The number of rotatable bonds is 10. The summed E-state index contributed by atoms with van der Waals surface area (Å²) in [6, 6.07) is 28.9. The molecular weight excluding hydrogens is 581 g/mol. The van der Waals surface area contributed by atoms with E-state index < -0.39 is 0 Å². The van der Waals surface area contributed by atoms with Crippen molar-refractivity contribution in [3.63, 3.8) is 0 Å². The van der Waals surface area contributed by atoms with Crippen LogP contribution in [0.25, 0.3) is 27.4 Å². The molecule has 0 radical (unpaired) electrons. The molecule has 246 valence electrons. The van der Waals surface area contributed by atoms with E-state index in [4.69, 9.17) is 0 Å². The zero-order chi connectivity index (χ0) is 34.7. The Balaban J connectivity index is 1.88. The van der Waals surface area contributed by atoms with Crippen molar-refractivity contribution in [1.29, 1.82) is 0 Å². The number of hydrogen-bond donors (Lipinski definition) is 0. The lowest BCUT2D eigenvalue weighted by Gasteiger charge is -2.34. The van der Waals surface area contributed by atoms with Crippen molar-refractivity contribution in [1.82, 2.24) is 4.57 Å². The fourth-order valence-electron chi connectivity index (χ4n) is 7.69. The van der Waals surface area contributed by atoms with E-state index in [0.29, 0.717) is 0 Å². The van der Waals surface area contributed by atoms with E-state index in [2.05, 4.69) is 176 Å². The summed E-state index contributed by atoms with van der Waals surface area (Å²) in [5.74, 6) is 0.186. The molecule has 0 amide bonds. The van der Waals surface area contributed by atoms with Gasteiger partial charge in [-0.3, -0.25) is 0 Å². The van der Waals surface area contributed by atoms with Gasteiger partial charge in [-0.25, -0.2) is 0 Å². The predicted molar refractivity (Wildman–Crippen MR) is 212 cm³/mol. The van der Waals surface area contributed by atoms with Crippen LogP contribution < -0.4 is 4.90 Å². The van der Waals surface area contributed by atoms with Gasteiger partial charge < -0.3 is 9.47 Å². The molecular formula is C46H52N2. The van der Waals surface area contributed by atoms with Crippen molar-refractivity contribution in [2.24, 2.45) is 7.05 Å². The van der Waals surface area contributed by atoms with E-state index >= 15 is 0 Å². The second-order valence-corrected chi connectivity index (χ2v) is 13.4. The number of nitrogens with zero attached hydrogens (tertiary/aromatic N) is 2. The van der Waals surface area contributed by atoms with Crippen molar-refractivity contribution in [3.05, 3.63) is 166 Å². The molecule has 1 unspecified atom stereocenters. The minimum absolute atomic E-state index is 0.186. The highest BCUT2D eigenvalue weighted by Gasteiger charge is 2.24. The van der Waals surface area contributed by atoms with E-state index in [1.165, 1.54) is 89.0 Å². The maximum absolute atomic E-state index is 3.95. The third kappa shape index (κ3) is 6.49. The van der Waals surface area contributed by atoms with Gasteiger partial charge in [0.1, 0.15) is 0 Å². The Morgan fingerprint density at radius 3 is 2.15 bits per heavy atom. The molecule has 0 saturated carbocycles. The number of aryl methyl sites for hydroxylation is 5. The van der Waals surface area contributed by atoms with Crippen LogP contribution in [0, 0.1) is 27.7 Å². The smallest absolute Gasteiger partial charge is 0.0565 e. The topological polar surface area (TPSA) is 8.17 Å². The van der Waals surface area contributed by atoms with E-state index in [9.17, 15) is 0 Å². The SMILES string of the molecule is C=C/C=C\C(C)=C(/CC)N(C(=C/C(C)c1c(C)cc(C)cc1C)/C(C)=C(\C)c1cccc2c3ccccc3n(C)c12)c1ccccc1C. The van der Waals surface area contributed by atoms with Gasteiger partial charge in [-0.2, -0.15) is 0 Å². The molecule has 2 nitrogen and oxygen atoms in total. The minimum atomic E-state index is 0.186. The van der Waals surface area contributed by atoms with Gasteiger partial charge in [-0.1, -0.05) is 117 Å². The zero-order valence-electron chi connectivity index (χ0n) is 30.7. The normalized spacial score (nSPS) is 14.0. The van der Waals surface area contributed by atoms with Crippen LogP contribution in [0.15, 0.2) is 132 Å². The quantitative estimate of drug-likeness (QED) is 0.139. The van der Waals surface area contributed by atoms with Crippen LogP contribution in [0.4, 0.5) is 5.69 Å². The van der Waals surface area contributed by atoms with E-state index in [0.717, 1.165) is 6.42 Å². The van der Waals surface area contributed by atoms with Crippen LogP contribution in [-0.4, -0.2) is 4.57 Å². The number of hydrogen-bond acceptors (Lipinski definition) is 1. The highest BCUT2D eigenvalue weighted by atomic mass is 15.2. The molecule has 0 spiro atoms. The summed E-state index contributed by atoms with van der Waals surface area (Å²) in [6.45, 7) is 24.4. The molecule has 0 saturated heterocycles. The molecule has 0 aliphatic carbocycles. The van der Waals surface area contributed by atoms with E-state index in [-0.39, 0.29) is 5.92 Å². The number of aromatic nitrogens is 1. The van der Waals surface area contributed by atoms with Crippen molar-refractivity contribution < 1.29 is 0 Å². The summed E-state index contributed by atoms with van der Waals surface area (Å²) in [7, 11) is 2.20. The van der Waals surface area contributed by atoms with Gasteiger partial charge in [-0.15, -0.1) is 0 Å². The van der Waals surface area contributed by atoms with E-state index in [1.807, 2.05) is 12.2 Å². The third-order valence-corrected chi connectivity index (χ3v) is 10.0. The lowest BCUT2D eigenvalue weighted by atomic mass is 9.88. The Hall–Kier alpha value is -4.82. The molecule has 2 heteroatoms.